The number of benzene rings is 2. The summed E-state index contributed by atoms with van der Waals surface area (Å²) in [6.07, 6.45) is 0. The van der Waals surface area contributed by atoms with Gasteiger partial charge in [-0.15, -0.1) is 12.6 Å². The quantitative estimate of drug-likeness (QED) is 0.270. The molecule has 0 saturated heterocycles. The smallest absolute Gasteiger partial charge is 0.150 e. The molecule has 0 heterocycles. The van der Waals surface area contributed by atoms with Crippen molar-refractivity contribution in [1.82, 2.24) is 0 Å². The molecule has 0 aliphatic rings. The molecule has 22 heavy (non-hydrogen) atoms. The molecule has 0 N–H and O–H groups in total. The Bertz CT molecular complexity index is 570. The Morgan fingerprint density at radius 1 is 0.727 bits per heavy atom. The SMILES string of the molecule is F[P-](F)(F)(F)(F)F.Sc1ccc(Oc2ccc([SH2+])cc2)cc1. The van der Waals surface area contributed by atoms with Crippen LogP contribution in [0.2, 0.25) is 0 Å². The number of ether oxygens (including phenoxy) is 1. The molecule has 2 rings (SSSR count). The summed E-state index contributed by atoms with van der Waals surface area (Å²) in [4.78, 5) is 1.96. The molecule has 0 aliphatic heterocycles. The molecule has 0 amide bonds. The molecule has 10 heteroatoms. The minimum absolute atomic E-state index is 0.814. The molecule has 124 valence electrons. The molecule has 2 aromatic rings. The van der Waals surface area contributed by atoms with Crippen molar-refractivity contribution >= 4 is 33.1 Å². The maximum absolute atomic E-state index is 10.7. The van der Waals surface area contributed by atoms with E-state index in [1.54, 1.807) is 0 Å². The van der Waals surface area contributed by atoms with Crippen LogP contribution >= 0.6 is 20.4 Å². The van der Waals surface area contributed by atoms with E-state index >= 15 is 0 Å². The minimum atomic E-state index is -10.7. The first kappa shape index (κ1) is 19.0. The maximum Gasteiger partial charge on any atom is 0.150 e. The Kier molecular flexibility index (Phi) is 5.06. The van der Waals surface area contributed by atoms with Gasteiger partial charge in [-0.1, -0.05) is 0 Å². The van der Waals surface area contributed by atoms with Gasteiger partial charge in [0.15, 0.2) is 4.90 Å². The predicted molar refractivity (Wildman–Crippen MR) is 82.2 cm³/mol. The molecule has 0 fully saturated rings. The van der Waals surface area contributed by atoms with Crippen LogP contribution < -0.4 is 4.74 Å². The van der Waals surface area contributed by atoms with Gasteiger partial charge in [-0.25, -0.2) is 0 Å². The Morgan fingerprint density at radius 3 is 1.41 bits per heavy atom. The van der Waals surface area contributed by atoms with E-state index in [1.165, 1.54) is 0 Å². The van der Waals surface area contributed by atoms with E-state index < -0.39 is 7.81 Å². The largest absolute Gasteiger partial charge is 0.457 e. The number of rotatable bonds is 2. The second kappa shape index (κ2) is 5.86. The summed E-state index contributed by atoms with van der Waals surface area (Å²) in [7, 11) is -10.7. The van der Waals surface area contributed by atoms with Gasteiger partial charge in [0.2, 0.25) is 0 Å². The first-order valence-electron chi connectivity index (χ1n) is 5.54. The minimum Gasteiger partial charge on any atom is -0.457 e. The summed E-state index contributed by atoms with van der Waals surface area (Å²) in [5.74, 6) is 1.64. The fourth-order valence-electron chi connectivity index (χ4n) is 1.17. The third kappa shape index (κ3) is 11.6. The van der Waals surface area contributed by atoms with E-state index in [4.69, 9.17) is 4.74 Å². The van der Waals surface area contributed by atoms with Gasteiger partial charge >= 0.3 is 33.0 Å². The van der Waals surface area contributed by atoms with Crippen molar-refractivity contribution in [3.8, 4) is 11.5 Å². The topological polar surface area (TPSA) is 9.23 Å². The van der Waals surface area contributed by atoms with Crippen molar-refractivity contribution < 1.29 is 29.9 Å². The van der Waals surface area contributed by atoms with Crippen LogP contribution in [0.25, 0.3) is 0 Å². The second-order valence-electron chi connectivity index (χ2n) is 4.08. The van der Waals surface area contributed by atoms with Crippen LogP contribution in [0, 0.1) is 0 Å². The standard InChI is InChI=1S/C12H10OS2.F6P/c14-11-5-1-9(2-6-11)13-10-3-7-12(15)8-4-10;1-7(2,3,4,5)6/h1-8,14-15H;/q;-1/p+1. The molecule has 0 bridgehead atoms. The van der Waals surface area contributed by atoms with Crippen LogP contribution in [0.3, 0.4) is 0 Å². The van der Waals surface area contributed by atoms with Crippen LogP contribution in [0.1, 0.15) is 0 Å². The molecule has 0 atom stereocenters. The molecule has 2 aromatic carbocycles. The average Bonchev–Trinajstić information content (AvgIpc) is 2.31. The van der Waals surface area contributed by atoms with Crippen molar-refractivity contribution in [2.24, 2.45) is 0 Å². The molecule has 0 radical (unpaired) electrons. The molecular formula is C12H11F6OPS2. The average molecular weight is 380 g/mol. The summed E-state index contributed by atoms with van der Waals surface area (Å²) < 4.78 is 64.8. The Balaban J connectivity index is 0.000000295. The van der Waals surface area contributed by atoms with E-state index in [1.807, 2.05) is 48.5 Å². The predicted octanol–water partition coefficient (Wildman–Crippen LogP) is 6.52. The molecular weight excluding hydrogens is 369 g/mol. The number of thiol groups is 1. The number of hydrogen-bond donors (Lipinski definition) is 1. The summed E-state index contributed by atoms with van der Waals surface area (Å²) >= 11 is 7.63. The van der Waals surface area contributed by atoms with Crippen molar-refractivity contribution in [3.05, 3.63) is 48.5 Å². The third-order valence-electron chi connectivity index (χ3n) is 1.93. The molecule has 0 aromatic heterocycles. The van der Waals surface area contributed by atoms with Crippen molar-refractivity contribution in [2.45, 2.75) is 9.79 Å². The van der Waals surface area contributed by atoms with Crippen molar-refractivity contribution in [3.63, 3.8) is 0 Å². The number of hydrogen-bond acceptors (Lipinski definition) is 2. The molecule has 0 aliphatic carbocycles. The van der Waals surface area contributed by atoms with E-state index in [0.717, 1.165) is 21.3 Å². The van der Waals surface area contributed by atoms with E-state index in [-0.39, 0.29) is 0 Å². The van der Waals surface area contributed by atoms with Crippen LogP contribution in [0.4, 0.5) is 25.2 Å². The Morgan fingerprint density at radius 2 is 1.05 bits per heavy atom. The molecule has 0 spiro atoms. The summed E-state index contributed by atoms with van der Waals surface area (Å²) in [5, 5.41) is 0. The Labute approximate surface area is 133 Å². The fraction of sp³-hybridized carbons (Fsp3) is 0. The van der Waals surface area contributed by atoms with Crippen LogP contribution in [0.5, 0.6) is 11.5 Å². The van der Waals surface area contributed by atoms with Gasteiger partial charge in [-0.3, -0.25) is 0 Å². The maximum atomic E-state index is 9.87. The van der Waals surface area contributed by atoms with Gasteiger partial charge in [0.1, 0.15) is 11.5 Å². The van der Waals surface area contributed by atoms with Gasteiger partial charge in [-0.2, -0.15) is 0 Å². The Hall–Kier alpha value is -1.05. The fourth-order valence-corrected chi connectivity index (χ4v) is 1.49. The monoisotopic (exact) mass is 380 g/mol. The van der Waals surface area contributed by atoms with Gasteiger partial charge in [-0.05, 0) is 61.2 Å². The summed E-state index contributed by atoms with van der Waals surface area (Å²) in [6.45, 7) is 0. The zero-order valence-electron chi connectivity index (χ0n) is 10.7. The van der Waals surface area contributed by atoms with E-state index in [9.17, 15) is 25.2 Å². The van der Waals surface area contributed by atoms with Crippen molar-refractivity contribution in [2.75, 3.05) is 0 Å². The third-order valence-corrected chi connectivity index (χ3v) is 2.56. The molecule has 1 nitrogen and oxygen atoms in total. The summed E-state index contributed by atoms with van der Waals surface area (Å²) in [5.41, 5.74) is 0. The van der Waals surface area contributed by atoms with E-state index in [2.05, 4.69) is 25.3 Å². The van der Waals surface area contributed by atoms with Crippen LogP contribution in [0.15, 0.2) is 58.3 Å². The molecule has 0 saturated carbocycles. The zero-order valence-corrected chi connectivity index (χ0v) is 13.5. The zero-order chi connectivity index (χ0) is 17.1. The van der Waals surface area contributed by atoms with Crippen LogP contribution in [-0.2, 0) is 12.6 Å². The van der Waals surface area contributed by atoms with Gasteiger partial charge in [0.25, 0.3) is 0 Å². The summed E-state index contributed by atoms with van der Waals surface area (Å²) in [6, 6.07) is 15.3. The van der Waals surface area contributed by atoms with E-state index in [0.29, 0.717) is 0 Å². The first-order chi connectivity index (χ1) is 9.69. The van der Waals surface area contributed by atoms with Crippen molar-refractivity contribution in [1.29, 1.82) is 0 Å². The second-order valence-corrected chi connectivity index (χ2v) is 7.09. The van der Waals surface area contributed by atoms with Crippen LogP contribution in [-0.4, -0.2) is 0 Å². The number of halogens is 6. The molecule has 0 unspecified atom stereocenters. The van der Waals surface area contributed by atoms with Gasteiger partial charge < -0.3 is 4.74 Å². The van der Waals surface area contributed by atoms with Gasteiger partial charge in [0, 0.05) is 4.90 Å². The van der Waals surface area contributed by atoms with Gasteiger partial charge in [0.05, 0.1) is 0 Å². The normalized spacial score (nSPS) is 14.2. The first-order valence-corrected chi connectivity index (χ1v) is 8.51.